The highest BCUT2D eigenvalue weighted by Gasteiger charge is 2.19. The lowest BCUT2D eigenvalue weighted by Crippen LogP contribution is -2.15. The second-order valence-electron chi connectivity index (χ2n) is 4.66. The van der Waals surface area contributed by atoms with Crippen LogP contribution >= 0.6 is 11.6 Å². The van der Waals surface area contributed by atoms with Gasteiger partial charge in [0.25, 0.3) is 0 Å². The number of anilines is 1. The molecule has 1 aromatic carbocycles. The molecule has 6 heteroatoms. The number of ether oxygens (including phenoxy) is 2. The maximum atomic E-state index is 6.28. The summed E-state index contributed by atoms with van der Waals surface area (Å²) in [5.74, 6) is 1.99. The van der Waals surface area contributed by atoms with E-state index in [0.717, 1.165) is 30.0 Å². The molecule has 1 aliphatic heterocycles. The smallest absolute Gasteiger partial charge is 0.179 e. The zero-order chi connectivity index (χ0) is 14.7. The lowest BCUT2D eigenvalue weighted by atomic mass is 10.1. The van der Waals surface area contributed by atoms with Crippen LogP contribution in [0.2, 0.25) is 5.02 Å². The lowest BCUT2D eigenvalue weighted by Gasteiger charge is -2.20. The van der Waals surface area contributed by atoms with Gasteiger partial charge in [0.05, 0.1) is 5.02 Å². The predicted octanol–water partition coefficient (Wildman–Crippen LogP) is 3.39. The monoisotopic (exact) mass is 305 g/mol. The highest BCUT2D eigenvalue weighted by Crippen LogP contribution is 2.41. The molecule has 2 heterocycles. The number of nitrogens with zero attached hydrogens (tertiary/aromatic N) is 2. The molecule has 0 bridgehead atoms. The molecule has 110 valence electrons. The van der Waals surface area contributed by atoms with E-state index in [1.54, 1.807) is 12.4 Å². The van der Waals surface area contributed by atoms with Crippen molar-refractivity contribution in [3.8, 4) is 22.8 Å². The third-order valence-corrected chi connectivity index (χ3v) is 3.39. The van der Waals surface area contributed by atoms with E-state index in [-0.39, 0.29) is 0 Å². The van der Waals surface area contributed by atoms with Gasteiger partial charge in [0, 0.05) is 24.5 Å². The van der Waals surface area contributed by atoms with Crippen LogP contribution < -0.4 is 14.8 Å². The lowest BCUT2D eigenvalue weighted by molar-refractivity contribution is 0.172. The first-order valence-electron chi connectivity index (χ1n) is 6.94. The number of halogens is 1. The van der Waals surface area contributed by atoms with E-state index >= 15 is 0 Å². The number of benzene rings is 1. The SMILES string of the molecule is CCCNc1nccnc1-c1cc(Cl)c2c(c1)OCCO2. The van der Waals surface area contributed by atoms with Crippen LogP contribution in [0, 0.1) is 0 Å². The Kier molecular flexibility index (Phi) is 4.10. The topological polar surface area (TPSA) is 56.3 Å². The van der Waals surface area contributed by atoms with Crippen LogP contribution in [0.5, 0.6) is 11.5 Å². The van der Waals surface area contributed by atoms with Crippen LogP contribution in [0.25, 0.3) is 11.3 Å². The standard InChI is InChI=1S/C15H16ClN3O2/c1-2-3-18-15-13(17-4-5-19-15)10-8-11(16)14-12(9-10)20-6-7-21-14/h4-5,8-9H,2-3,6-7H2,1H3,(H,18,19). The molecule has 0 unspecified atom stereocenters. The Morgan fingerprint density at radius 1 is 1.19 bits per heavy atom. The van der Waals surface area contributed by atoms with Crippen molar-refractivity contribution in [1.82, 2.24) is 9.97 Å². The second-order valence-corrected chi connectivity index (χ2v) is 5.07. The molecule has 0 saturated carbocycles. The maximum absolute atomic E-state index is 6.28. The largest absolute Gasteiger partial charge is 0.486 e. The predicted molar refractivity (Wildman–Crippen MR) is 82.2 cm³/mol. The van der Waals surface area contributed by atoms with Crippen molar-refractivity contribution >= 4 is 17.4 Å². The first-order chi connectivity index (χ1) is 10.3. The molecule has 2 aromatic rings. The Morgan fingerprint density at radius 2 is 2.00 bits per heavy atom. The molecule has 0 amide bonds. The third-order valence-electron chi connectivity index (χ3n) is 3.11. The number of aromatic nitrogens is 2. The first-order valence-corrected chi connectivity index (χ1v) is 7.31. The van der Waals surface area contributed by atoms with Gasteiger partial charge in [-0.2, -0.15) is 0 Å². The molecular formula is C15H16ClN3O2. The Balaban J connectivity index is 2.02. The summed E-state index contributed by atoms with van der Waals surface area (Å²) in [6.07, 6.45) is 4.34. The zero-order valence-corrected chi connectivity index (χ0v) is 12.5. The molecule has 0 aliphatic carbocycles. The molecule has 5 nitrogen and oxygen atoms in total. The number of rotatable bonds is 4. The van der Waals surface area contributed by atoms with Crippen LogP contribution in [0.15, 0.2) is 24.5 Å². The van der Waals surface area contributed by atoms with E-state index in [1.165, 1.54) is 0 Å². The molecule has 1 aliphatic rings. The fourth-order valence-electron chi connectivity index (χ4n) is 2.17. The summed E-state index contributed by atoms with van der Waals surface area (Å²) in [7, 11) is 0. The van der Waals surface area contributed by atoms with E-state index in [4.69, 9.17) is 21.1 Å². The first kappa shape index (κ1) is 13.9. The maximum Gasteiger partial charge on any atom is 0.179 e. The summed E-state index contributed by atoms with van der Waals surface area (Å²) in [6.45, 7) is 3.97. The molecule has 21 heavy (non-hydrogen) atoms. The van der Waals surface area contributed by atoms with Gasteiger partial charge in [-0.05, 0) is 18.6 Å². The minimum atomic E-state index is 0.514. The van der Waals surface area contributed by atoms with Gasteiger partial charge in [0.15, 0.2) is 17.3 Å². The summed E-state index contributed by atoms with van der Waals surface area (Å²) in [4.78, 5) is 8.76. The van der Waals surface area contributed by atoms with E-state index in [9.17, 15) is 0 Å². The van der Waals surface area contributed by atoms with Gasteiger partial charge in [-0.25, -0.2) is 4.98 Å². The van der Waals surface area contributed by atoms with Gasteiger partial charge in [0.2, 0.25) is 0 Å². The Labute approximate surface area is 128 Å². The fraction of sp³-hybridized carbons (Fsp3) is 0.333. The van der Waals surface area contributed by atoms with E-state index in [2.05, 4.69) is 22.2 Å². The average molecular weight is 306 g/mol. The van der Waals surface area contributed by atoms with Gasteiger partial charge >= 0.3 is 0 Å². The third kappa shape index (κ3) is 2.88. The molecule has 0 atom stereocenters. The number of nitrogens with one attached hydrogen (secondary N) is 1. The van der Waals surface area contributed by atoms with Gasteiger partial charge in [-0.3, -0.25) is 4.98 Å². The zero-order valence-electron chi connectivity index (χ0n) is 11.7. The van der Waals surface area contributed by atoms with Crippen LogP contribution in [0.3, 0.4) is 0 Å². The summed E-state index contributed by atoms with van der Waals surface area (Å²) in [6, 6.07) is 3.72. The van der Waals surface area contributed by atoms with Crippen LogP contribution in [-0.4, -0.2) is 29.7 Å². The van der Waals surface area contributed by atoms with E-state index in [1.807, 2.05) is 12.1 Å². The van der Waals surface area contributed by atoms with Crippen LogP contribution in [0.4, 0.5) is 5.82 Å². The van der Waals surface area contributed by atoms with Crippen molar-refractivity contribution in [2.45, 2.75) is 13.3 Å². The minimum absolute atomic E-state index is 0.514. The number of hydrogen-bond donors (Lipinski definition) is 1. The molecule has 0 spiro atoms. The second kappa shape index (κ2) is 6.18. The highest BCUT2D eigenvalue weighted by atomic mass is 35.5. The molecule has 1 N–H and O–H groups in total. The van der Waals surface area contributed by atoms with Crippen LogP contribution in [-0.2, 0) is 0 Å². The van der Waals surface area contributed by atoms with Crippen molar-refractivity contribution < 1.29 is 9.47 Å². The Morgan fingerprint density at radius 3 is 2.86 bits per heavy atom. The molecule has 0 radical (unpaired) electrons. The normalized spacial score (nSPS) is 13.0. The van der Waals surface area contributed by atoms with Crippen molar-refractivity contribution in [3.05, 3.63) is 29.5 Å². The highest BCUT2D eigenvalue weighted by molar-refractivity contribution is 6.32. The minimum Gasteiger partial charge on any atom is -0.486 e. The van der Waals surface area contributed by atoms with Crippen LogP contribution in [0.1, 0.15) is 13.3 Å². The molecule has 1 aromatic heterocycles. The van der Waals surface area contributed by atoms with Gasteiger partial charge < -0.3 is 14.8 Å². The number of hydrogen-bond acceptors (Lipinski definition) is 5. The summed E-state index contributed by atoms with van der Waals surface area (Å²) < 4.78 is 11.1. The summed E-state index contributed by atoms with van der Waals surface area (Å²) in [5.41, 5.74) is 1.61. The average Bonchev–Trinajstić information content (AvgIpc) is 2.53. The Hall–Kier alpha value is -2.01. The Bertz CT molecular complexity index is 649. The number of fused-ring (bicyclic) bond motifs is 1. The van der Waals surface area contributed by atoms with Crippen molar-refractivity contribution in [2.75, 3.05) is 25.1 Å². The summed E-state index contributed by atoms with van der Waals surface area (Å²) >= 11 is 6.28. The van der Waals surface area contributed by atoms with Crippen molar-refractivity contribution in [3.63, 3.8) is 0 Å². The van der Waals surface area contributed by atoms with Crippen molar-refractivity contribution in [1.29, 1.82) is 0 Å². The summed E-state index contributed by atoms with van der Waals surface area (Å²) in [5, 5.41) is 3.79. The molecule has 3 rings (SSSR count). The molecular weight excluding hydrogens is 290 g/mol. The van der Waals surface area contributed by atoms with E-state index < -0.39 is 0 Å². The van der Waals surface area contributed by atoms with E-state index in [0.29, 0.717) is 29.7 Å². The fourth-order valence-corrected chi connectivity index (χ4v) is 2.43. The molecule has 0 fully saturated rings. The van der Waals surface area contributed by atoms with Gasteiger partial charge in [0.1, 0.15) is 18.9 Å². The molecule has 0 saturated heterocycles. The quantitative estimate of drug-likeness (QED) is 0.938. The van der Waals surface area contributed by atoms with Gasteiger partial charge in [-0.1, -0.05) is 18.5 Å². The van der Waals surface area contributed by atoms with Crippen molar-refractivity contribution in [2.24, 2.45) is 0 Å². The van der Waals surface area contributed by atoms with Gasteiger partial charge in [-0.15, -0.1) is 0 Å².